The van der Waals surface area contributed by atoms with Crippen LogP contribution in [0.3, 0.4) is 0 Å². The van der Waals surface area contributed by atoms with E-state index in [1.807, 2.05) is 0 Å². The molecular formula is C13H15ClN2O3S. The van der Waals surface area contributed by atoms with Gasteiger partial charge in [-0.15, -0.1) is 12.6 Å². The molecule has 0 aliphatic rings. The van der Waals surface area contributed by atoms with Gasteiger partial charge in [0.05, 0.1) is 6.21 Å². The fourth-order valence-corrected chi connectivity index (χ4v) is 1.61. The summed E-state index contributed by atoms with van der Waals surface area (Å²) < 4.78 is 0. The van der Waals surface area contributed by atoms with E-state index in [4.69, 9.17) is 16.7 Å². The molecule has 0 spiro atoms. The Labute approximate surface area is 127 Å². The predicted octanol–water partition coefficient (Wildman–Crippen LogP) is 2.15. The largest absolute Gasteiger partial charge is 0.480 e. The van der Waals surface area contributed by atoms with Crippen LogP contribution in [0.15, 0.2) is 29.4 Å². The molecule has 0 saturated carbocycles. The average molecular weight is 315 g/mol. The molecule has 1 aromatic rings. The van der Waals surface area contributed by atoms with E-state index >= 15 is 0 Å². The van der Waals surface area contributed by atoms with Crippen molar-refractivity contribution in [2.75, 3.05) is 13.1 Å². The summed E-state index contributed by atoms with van der Waals surface area (Å²) in [5, 5.41) is 14.5. The molecular weight excluding hydrogens is 300 g/mol. The van der Waals surface area contributed by atoms with E-state index in [0.29, 0.717) is 5.02 Å². The third-order valence-electron chi connectivity index (χ3n) is 2.46. The third-order valence-corrected chi connectivity index (χ3v) is 3.16. The molecule has 0 aliphatic heterocycles. The Morgan fingerprint density at radius 2 is 2.05 bits per heavy atom. The highest BCUT2D eigenvalue weighted by molar-refractivity contribution is 7.96. The Hall–Kier alpha value is -1.53. The first-order valence-corrected chi connectivity index (χ1v) is 6.70. The summed E-state index contributed by atoms with van der Waals surface area (Å²) in [6.45, 7) is 1.58. The van der Waals surface area contributed by atoms with Crippen LogP contribution in [0.5, 0.6) is 0 Å². The SMILES string of the molecule is CC(CN(CC(=O)O)N=Cc1ccc(Cl)cc1)C(=O)S. The van der Waals surface area contributed by atoms with Gasteiger partial charge in [-0.2, -0.15) is 5.10 Å². The normalized spacial score (nSPS) is 12.3. The summed E-state index contributed by atoms with van der Waals surface area (Å²) in [5.41, 5.74) is 0.787. The van der Waals surface area contributed by atoms with Gasteiger partial charge in [0, 0.05) is 17.5 Å². The van der Waals surface area contributed by atoms with Gasteiger partial charge in [0.2, 0.25) is 0 Å². The van der Waals surface area contributed by atoms with Crippen LogP contribution in [-0.2, 0) is 9.59 Å². The molecule has 1 aromatic carbocycles. The number of rotatable bonds is 7. The summed E-state index contributed by atoms with van der Waals surface area (Å²) in [5.74, 6) is -1.42. The van der Waals surface area contributed by atoms with Crippen LogP contribution in [0.4, 0.5) is 0 Å². The van der Waals surface area contributed by atoms with Crippen molar-refractivity contribution in [1.29, 1.82) is 0 Å². The van der Waals surface area contributed by atoms with Gasteiger partial charge in [0.25, 0.3) is 0 Å². The van der Waals surface area contributed by atoms with Gasteiger partial charge in [-0.1, -0.05) is 30.7 Å². The number of carboxylic acid groups (broad SMARTS) is 1. The zero-order chi connectivity index (χ0) is 15.1. The van der Waals surface area contributed by atoms with Gasteiger partial charge in [0.15, 0.2) is 5.12 Å². The number of hydrogen-bond donors (Lipinski definition) is 2. The Bertz CT molecular complexity index is 505. The van der Waals surface area contributed by atoms with Gasteiger partial charge < -0.3 is 5.11 Å². The fourth-order valence-electron chi connectivity index (χ4n) is 1.40. The first-order chi connectivity index (χ1) is 9.38. The minimum Gasteiger partial charge on any atom is -0.480 e. The summed E-state index contributed by atoms with van der Waals surface area (Å²) in [7, 11) is 0. The quantitative estimate of drug-likeness (QED) is 0.459. The number of carbonyl (C=O) groups excluding carboxylic acids is 1. The average Bonchev–Trinajstić information content (AvgIpc) is 2.37. The van der Waals surface area contributed by atoms with Crippen LogP contribution < -0.4 is 0 Å². The minimum absolute atomic E-state index is 0.193. The molecule has 0 bridgehead atoms. The lowest BCUT2D eigenvalue weighted by atomic mass is 10.2. The molecule has 0 fully saturated rings. The lowest BCUT2D eigenvalue weighted by molar-refractivity contribution is -0.138. The summed E-state index contributed by atoms with van der Waals surface area (Å²) in [6, 6.07) is 6.95. The van der Waals surface area contributed by atoms with Crippen molar-refractivity contribution in [3.63, 3.8) is 0 Å². The van der Waals surface area contributed by atoms with E-state index in [9.17, 15) is 9.59 Å². The van der Waals surface area contributed by atoms with E-state index in [-0.39, 0.29) is 18.2 Å². The van der Waals surface area contributed by atoms with Crippen molar-refractivity contribution in [2.45, 2.75) is 6.92 Å². The molecule has 0 heterocycles. The number of hydrogen-bond acceptors (Lipinski definition) is 4. The number of thiol groups is 1. The fraction of sp³-hybridized carbons (Fsp3) is 0.308. The summed E-state index contributed by atoms with van der Waals surface area (Å²) in [6.07, 6.45) is 1.52. The van der Waals surface area contributed by atoms with Gasteiger partial charge in [-0.25, -0.2) is 0 Å². The molecule has 1 unspecified atom stereocenters. The number of aliphatic carboxylic acids is 1. The second-order valence-electron chi connectivity index (χ2n) is 4.28. The number of carboxylic acids is 1. The van der Waals surface area contributed by atoms with E-state index in [0.717, 1.165) is 5.56 Å². The Morgan fingerprint density at radius 3 is 2.55 bits per heavy atom. The van der Waals surface area contributed by atoms with E-state index in [1.54, 1.807) is 31.2 Å². The van der Waals surface area contributed by atoms with Crippen LogP contribution in [0, 0.1) is 5.92 Å². The van der Waals surface area contributed by atoms with Gasteiger partial charge in [0.1, 0.15) is 6.54 Å². The maximum absolute atomic E-state index is 11.1. The van der Waals surface area contributed by atoms with Crippen LogP contribution in [-0.4, -0.2) is 40.5 Å². The van der Waals surface area contributed by atoms with Crippen molar-refractivity contribution in [1.82, 2.24) is 5.01 Å². The molecule has 0 radical (unpaired) electrons. The predicted molar refractivity (Wildman–Crippen MR) is 81.4 cm³/mol. The van der Waals surface area contributed by atoms with Gasteiger partial charge in [-0.05, 0) is 17.7 Å². The Balaban J connectivity index is 2.75. The van der Waals surface area contributed by atoms with Crippen molar-refractivity contribution in [3.8, 4) is 0 Å². The monoisotopic (exact) mass is 314 g/mol. The number of benzene rings is 1. The van der Waals surface area contributed by atoms with Crippen LogP contribution in [0.1, 0.15) is 12.5 Å². The van der Waals surface area contributed by atoms with E-state index in [2.05, 4.69) is 17.7 Å². The number of halogens is 1. The number of nitrogens with zero attached hydrogens (tertiary/aromatic N) is 2. The maximum atomic E-state index is 11.1. The lowest BCUT2D eigenvalue weighted by Crippen LogP contribution is -2.31. The Morgan fingerprint density at radius 1 is 1.45 bits per heavy atom. The molecule has 0 aromatic heterocycles. The zero-order valence-electron chi connectivity index (χ0n) is 10.9. The highest BCUT2D eigenvalue weighted by Crippen LogP contribution is 2.09. The van der Waals surface area contributed by atoms with Crippen molar-refractivity contribution < 1.29 is 14.7 Å². The van der Waals surface area contributed by atoms with Crippen LogP contribution in [0.25, 0.3) is 0 Å². The molecule has 1 atom stereocenters. The number of hydrazone groups is 1. The standard InChI is InChI=1S/C13H15ClN2O3S/c1-9(13(19)20)7-16(8-12(17)18)15-6-10-2-4-11(14)5-3-10/h2-6,9H,7-8H2,1H3,(H,17,18)(H,19,20). The van der Waals surface area contributed by atoms with Gasteiger partial charge in [-0.3, -0.25) is 14.6 Å². The smallest absolute Gasteiger partial charge is 0.324 e. The molecule has 20 heavy (non-hydrogen) atoms. The molecule has 0 amide bonds. The molecule has 0 aliphatic carbocycles. The van der Waals surface area contributed by atoms with Crippen molar-refractivity contribution in [2.24, 2.45) is 11.0 Å². The minimum atomic E-state index is -1.02. The summed E-state index contributed by atoms with van der Waals surface area (Å²) in [4.78, 5) is 21.9. The highest BCUT2D eigenvalue weighted by Gasteiger charge is 2.15. The first kappa shape index (κ1) is 16.5. The molecule has 1 rings (SSSR count). The third kappa shape index (κ3) is 6.08. The first-order valence-electron chi connectivity index (χ1n) is 5.87. The van der Waals surface area contributed by atoms with Crippen LogP contribution in [0.2, 0.25) is 5.02 Å². The summed E-state index contributed by atoms with van der Waals surface area (Å²) >= 11 is 9.50. The van der Waals surface area contributed by atoms with Gasteiger partial charge >= 0.3 is 5.97 Å². The topological polar surface area (TPSA) is 70.0 Å². The van der Waals surface area contributed by atoms with Crippen molar-refractivity contribution >= 4 is 41.5 Å². The second kappa shape index (κ2) is 7.91. The van der Waals surface area contributed by atoms with Crippen molar-refractivity contribution in [3.05, 3.63) is 34.9 Å². The van der Waals surface area contributed by atoms with Crippen LogP contribution >= 0.6 is 24.2 Å². The second-order valence-corrected chi connectivity index (χ2v) is 5.15. The van der Waals surface area contributed by atoms with E-state index in [1.165, 1.54) is 11.2 Å². The molecule has 108 valence electrons. The molecule has 7 heteroatoms. The zero-order valence-corrected chi connectivity index (χ0v) is 12.5. The Kier molecular flexibility index (Phi) is 6.54. The highest BCUT2D eigenvalue weighted by atomic mass is 35.5. The molecule has 0 saturated heterocycles. The lowest BCUT2D eigenvalue weighted by Gasteiger charge is -2.19. The molecule has 1 N–H and O–H groups in total. The molecule has 5 nitrogen and oxygen atoms in total. The van der Waals surface area contributed by atoms with E-state index < -0.39 is 11.9 Å². The number of carbonyl (C=O) groups is 2. The maximum Gasteiger partial charge on any atom is 0.324 e.